The molecule has 0 aromatic heterocycles. The summed E-state index contributed by atoms with van der Waals surface area (Å²) >= 11 is 0. The highest BCUT2D eigenvalue weighted by molar-refractivity contribution is 5.67. The fourth-order valence-electron chi connectivity index (χ4n) is 1.40. The first kappa shape index (κ1) is 12.9. The quantitative estimate of drug-likeness (QED) is 0.564. The topological polar surface area (TPSA) is 102 Å². The van der Waals surface area contributed by atoms with Crippen molar-refractivity contribution in [2.24, 2.45) is 0 Å². The van der Waals surface area contributed by atoms with Gasteiger partial charge >= 0.3 is 11.9 Å². The minimum atomic E-state index is -1.43. The van der Waals surface area contributed by atoms with E-state index in [2.05, 4.69) is 4.74 Å². The largest absolute Gasteiger partial charge is 0.457 e. The number of carbonyl (C=O) groups excluding carboxylic acids is 2. The number of hydrogen-bond donors (Lipinski definition) is 2. The third-order valence-corrected chi connectivity index (χ3v) is 2.05. The maximum atomic E-state index is 10.7. The Bertz CT molecular complexity index is 277. The van der Waals surface area contributed by atoms with E-state index < -0.39 is 36.5 Å². The third kappa shape index (κ3) is 3.16. The molecule has 1 saturated heterocycles. The standard InChI is InChI=1S/C9H14O7/c1-4(10)15-6-3-14-9(13)8(7(6)12)16-5(2)11/h6-9,12-13H,3H2,1-2H3/t6-,7+,8-,9-/m1/s1. The van der Waals surface area contributed by atoms with Crippen LogP contribution >= 0.6 is 0 Å². The van der Waals surface area contributed by atoms with Gasteiger partial charge in [0.1, 0.15) is 6.10 Å². The van der Waals surface area contributed by atoms with Crippen molar-refractivity contribution in [1.29, 1.82) is 0 Å². The Morgan fingerprint density at radius 3 is 2.25 bits per heavy atom. The zero-order valence-corrected chi connectivity index (χ0v) is 8.95. The summed E-state index contributed by atoms with van der Waals surface area (Å²) in [5, 5.41) is 19.0. The van der Waals surface area contributed by atoms with Gasteiger partial charge < -0.3 is 24.4 Å². The van der Waals surface area contributed by atoms with E-state index in [1.807, 2.05) is 0 Å². The molecule has 0 saturated carbocycles. The van der Waals surface area contributed by atoms with E-state index in [0.717, 1.165) is 6.92 Å². The van der Waals surface area contributed by atoms with Crippen molar-refractivity contribution in [3.63, 3.8) is 0 Å². The average Bonchev–Trinajstić information content (AvgIpc) is 2.16. The van der Waals surface area contributed by atoms with Gasteiger partial charge in [0.25, 0.3) is 0 Å². The zero-order valence-electron chi connectivity index (χ0n) is 8.95. The lowest BCUT2D eigenvalue weighted by molar-refractivity contribution is -0.263. The van der Waals surface area contributed by atoms with Crippen molar-refractivity contribution in [2.45, 2.75) is 38.4 Å². The van der Waals surface area contributed by atoms with Gasteiger partial charge in [0.2, 0.25) is 0 Å². The van der Waals surface area contributed by atoms with E-state index in [1.54, 1.807) is 0 Å². The highest BCUT2D eigenvalue weighted by Gasteiger charge is 2.42. The molecule has 0 aromatic carbocycles. The van der Waals surface area contributed by atoms with Gasteiger partial charge in [-0.1, -0.05) is 0 Å². The fraction of sp³-hybridized carbons (Fsp3) is 0.778. The van der Waals surface area contributed by atoms with Gasteiger partial charge in [0, 0.05) is 13.8 Å². The van der Waals surface area contributed by atoms with Crippen molar-refractivity contribution in [1.82, 2.24) is 0 Å². The third-order valence-electron chi connectivity index (χ3n) is 2.05. The number of ether oxygens (including phenoxy) is 3. The maximum Gasteiger partial charge on any atom is 0.303 e. The van der Waals surface area contributed by atoms with Crippen LogP contribution in [0.2, 0.25) is 0 Å². The van der Waals surface area contributed by atoms with E-state index in [-0.39, 0.29) is 6.61 Å². The molecule has 0 aliphatic carbocycles. The minimum Gasteiger partial charge on any atom is -0.457 e. The maximum absolute atomic E-state index is 10.7. The second-order valence-corrected chi connectivity index (χ2v) is 3.44. The van der Waals surface area contributed by atoms with Crippen LogP contribution in [-0.4, -0.2) is 53.4 Å². The van der Waals surface area contributed by atoms with Gasteiger partial charge in [0.05, 0.1) is 6.61 Å². The van der Waals surface area contributed by atoms with Crippen LogP contribution in [0.1, 0.15) is 13.8 Å². The van der Waals surface area contributed by atoms with Crippen LogP contribution in [0.5, 0.6) is 0 Å². The molecular formula is C9H14O7. The van der Waals surface area contributed by atoms with E-state index >= 15 is 0 Å². The Labute approximate surface area is 91.9 Å². The summed E-state index contributed by atoms with van der Waals surface area (Å²) in [6.07, 6.45) is -4.94. The van der Waals surface area contributed by atoms with Gasteiger partial charge in [0.15, 0.2) is 18.5 Å². The van der Waals surface area contributed by atoms with Crippen LogP contribution in [0.3, 0.4) is 0 Å². The van der Waals surface area contributed by atoms with E-state index in [1.165, 1.54) is 6.92 Å². The molecule has 0 amide bonds. The molecule has 0 aromatic rings. The van der Waals surface area contributed by atoms with Gasteiger partial charge in [-0.2, -0.15) is 0 Å². The molecule has 0 bridgehead atoms. The van der Waals surface area contributed by atoms with Crippen LogP contribution < -0.4 is 0 Å². The summed E-state index contributed by atoms with van der Waals surface area (Å²) in [5.41, 5.74) is 0. The molecule has 4 atom stereocenters. The lowest BCUT2D eigenvalue weighted by atomic mass is 10.1. The van der Waals surface area contributed by atoms with Crippen molar-refractivity contribution in [3.8, 4) is 0 Å². The highest BCUT2D eigenvalue weighted by Crippen LogP contribution is 2.19. The Kier molecular flexibility index (Phi) is 4.22. The molecule has 0 spiro atoms. The first-order chi connectivity index (χ1) is 7.41. The van der Waals surface area contributed by atoms with Crippen molar-refractivity contribution >= 4 is 11.9 Å². The Balaban J connectivity index is 2.66. The van der Waals surface area contributed by atoms with Gasteiger partial charge in [-0.25, -0.2) is 0 Å². The lowest BCUT2D eigenvalue weighted by Crippen LogP contribution is -2.55. The molecule has 1 fully saturated rings. The monoisotopic (exact) mass is 234 g/mol. The van der Waals surface area contributed by atoms with E-state index in [9.17, 15) is 19.8 Å². The summed E-state index contributed by atoms with van der Waals surface area (Å²) in [4.78, 5) is 21.4. The van der Waals surface area contributed by atoms with Crippen molar-refractivity contribution in [2.75, 3.05) is 6.61 Å². The normalized spacial score (nSPS) is 34.2. The Morgan fingerprint density at radius 2 is 1.75 bits per heavy atom. The number of carbonyl (C=O) groups is 2. The first-order valence-corrected chi connectivity index (χ1v) is 4.74. The lowest BCUT2D eigenvalue weighted by Gasteiger charge is -2.36. The number of rotatable bonds is 2. The highest BCUT2D eigenvalue weighted by atomic mass is 16.7. The van der Waals surface area contributed by atoms with Crippen molar-refractivity contribution in [3.05, 3.63) is 0 Å². The fourth-order valence-corrected chi connectivity index (χ4v) is 1.40. The summed E-state index contributed by atoms with van der Waals surface area (Å²) in [7, 11) is 0. The van der Waals surface area contributed by atoms with Crippen LogP contribution in [-0.2, 0) is 23.8 Å². The van der Waals surface area contributed by atoms with Gasteiger partial charge in [-0.15, -0.1) is 0 Å². The number of esters is 2. The SMILES string of the molecule is CC(=O)O[C@@H]1[C@@H](O)[C@H](OC(C)=O)CO[C@H]1O. The van der Waals surface area contributed by atoms with Crippen LogP contribution in [0, 0.1) is 0 Å². The second kappa shape index (κ2) is 5.24. The molecule has 1 aliphatic rings. The minimum absolute atomic E-state index is 0.153. The molecular weight excluding hydrogens is 220 g/mol. The van der Waals surface area contributed by atoms with Crippen LogP contribution in [0.25, 0.3) is 0 Å². The van der Waals surface area contributed by atoms with E-state index in [0.29, 0.717) is 0 Å². The number of aliphatic hydroxyl groups is 2. The van der Waals surface area contributed by atoms with Crippen LogP contribution in [0.4, 0.5) is 0 Å². The summed E-state index contributed by atoms with van der Waals surface area (Å²) in [6, 6.07) is 0. The van der Waals surface area contributed by atoms with Gasteiger partial charge in [-0.05, 0) is 0 Å². The predicted octanol–water partition coefficient (Wildman–Crippen LogP) is -1.44. The molecule has 2 N–H and O–H groups in total. The van der Waals surface area contributed by atoms with Crippen LogP contribution in [0.15, 0.2) is 0 Å². The summed E-state index contributed by atoms with van der Waals surface area (Å²) in [6.45, 7) is 2.16. The Morgan fingerprint density at radius 1 is 1.19 bits per heavy atom. The molecule has 0 unspecified atom stereocenters. The van der Waals surface area contributed by atoms with Crippen molar-refractivity contribution < 1.29 is 34.0 Å². The van der Waals surface area contributed by atoms with Gasteiger partial charge in [-0.3, -0.25) is 9.59 Å². The molecule has 16 heavy (non-hydrogen) atoms. The molecule has 1 heterocycles. The number of aliphatic hydroxyl groups excluding tert-OH is 2. The second-order valence-electron chi connectivity index (χ2n) is 3.44. The summed E-state index contributed by atoms with van der Waals surface area (Å²) in [5.74, 6) is -1.26. The smallest absolute Gasteiger partial charge is 0.303 e. The molecule has 7 nitrogen and oxygen atoms in total. The predicted molar refractivity (Wildman–Crippen MR) is 49.1 cm³/mol. The molecule has 1 aliphatic heterocycles. The Hall–Kier alpha value is -1.18. The number of hydrogen-bond acceptors (Lipinski definition) is 7. The zero-order chi connectivity index (χ0) is 12.3. The molecule has 7 heteroatoms. The first-order valence-electron chi connectivity index (χ1n) is 4.74. The molecule has 1 rings (SSSR count). The molecule has 0 radical (unpaired) electrons. The summed E-state index contributed by atoms with van der Waals surface area (Å²) < 4.78 is 14.2. The average molecular weight is 234 g/mol. The molecule has 92 valence electrons. The van der Waals surface area contributed by atoms with E-state index in [4.69, 9.17) is 9.47 Å².